The second-order valence-electron chi connectivity index (χ2n) is 7.24. The van der Waals surface area contributed by atoms with Crippen LogP contribution in [0.5, 0.6) is 0 Å². The zero-order chi connectivity index (χ0) is 20.9. The fourth-order valence-electron chi connectivity index (χ4n) is 3.46. The van der Waals surface area contributed by atoms with Gasteiger partial charge in [0.2, 0.25) is 15.9 Å². The monoisotopic (exact) mass is 479 g/mol. The Labute approximate surface area is 180 Å². The first-order chi connectivity index (χ1) is 13.9. The lowest BCUT2D eigenvalue weighted by Gasteiger charge is -2.19. The molecule has 0 aliphatic carbocycles. The van der Waals surface area contributed by atoms with E-state index in [4.69, 9.17) is 0 Å². The lowest BCUT2D eigenvalue weighted by molar-refractivity contribution is -0.121. The number of nitrogens with zero attached hydrogens (tertiary/aromatic N) is 1. The number of hydrogen-bond donors (Lipinski definition) is 2. The summed E-state index contributed by atoms with van der Waals surface area (Å²) in [7, 11) is -2.04. The molecule has 0 spiro atoms. The third kappa shape index (κ3) is 6.04. The summed E-state index contributed by atoms with van der Waals surface area (Å²) >= 11 is 3.51. The van der Waals surface area contributed by atoms with Crippen LogP contribution in [0.2, 0.25) is 0 Å². The van der Waals surface area contributed by atoms with Gasteiger partial charge < -0.3 is 10.2 Å². The van der Waals surface area contributed by atoms with Gasteiger partial charge in [0.25, 0.3) is 0 Å². The molecule has 1 aliphatic heterocycles. The minimum absolute atomic E-state index is 0.0258. The molecular weight excluding hydrogens is 454 g/mol. The van der Waals surface area contributed by atoms with Crippen LogP contribution in [0.4, 0.5) is 5.69 Å². The van der Waals surface area contributed by atoms with Crippen LogP contribution in [0.3, 0.4) is 0 Å². The Morgan fingerprint density at radius 1 is 1.21 bits per heavy atom. The number of halogens is 1. The number of anilines is 1. The molecule has 0 aromatic heterocycles. The first-order valence-electron chi connectivity index (χ1n) is 9.67. The van der Waals surface area contributed by atoms with Crippen LogP contribution in [0.25, 0.3) is 0 Å². The molecule has 3 rings (SSSR count). The molecule has 1 amide bonds. The van der Waals surface area contributed by atoms with E-state index in [1.165, 1.54) is 12.7 Å². The van der Waals surface area contributed by atoms with Gasteiger partial charge in [0.05, 0.1) is 4.90 Å². The average molecular weight is 480 g/mol. The van der Waals surface area contributed by atoms with Gasteiger partial charge in [-0.05, 0) is 61.7 Å². The molecule has 29 heavy (non-hydrogen) atoms. The molecule has 0 radical (unpaired) electrons. The lowest BCUT2D eigenvalue weighted by Crippen LogP contribution is -2.31. The van der Waals surface area contributed by atoms with Gasteiger partial charge in [-0.2, -0.15) is 0 Å². The molecule has 1 heterocycles. The van der Waals surface area contributed by atoms with E-state index in [0.29, 0.717) is 25.3 Å². The summed E-state index contributed by atoms with van der Waals surface area (Å²) in [6, 6.07) is 14.9. The normalized spacial score (nSPS) is 16.8. The van der Waals surface area contributed by atoms with Gasteiger partial charge in [-0.1, -0.05) is 34.1 Å². The molecular formula is C21H26BrN3O3S. The van der Waals surface area contributed by atoms with Gasteiger partial charge in [0.15, 0.2) is 0 Å². The summed E-state index contributed by atoms with van der Waals surface area (Å²) in [5.41, 5.74) is 2.15. The number of nitrogens with one attached hydrogen (secondary N) is 2. The van der Waals surface area contributed by atoms with Crippen molar-refractivity contribution in [3.8, 4) is 0 Å². The number of rotatable bonds is 8. The van der Waals surface area contributed by atoms with Crippen molar-refractivity contribution in [2.24, 2.45) is 5.92 Å². The van der Waals surface area contributed by atoms with Crippen molar-refractivity contribution in [3.63, 3.8) is 0 Å². The molecule has 2 aromatic rings. The Hall–Kier alpha value is -1.90. The van der Waals surface area contributed by atoms with E-state index in [-0.39, 0.29) is 10.8 Å². The van der Waals surface area contributed by atoms with E-state index >= 15 is 0 Å². The molecule has 2 N–H and O–H groups in total. The summed E-state index contributed by atoms with van der Waals surface area (Å²) in [5, 5.41) is 3.04. The predicted octanol–water partition coefficient (Wildman–Crippen LogP) is 2.93. The van der Waals surface area contributed by atoms with Crippen LogP contribution < -0.4 is 14.9 Å². The fourth-order valence-corrected chi connectivity index (χ4v) is 4.58. The smallest absolute Gasteiger partial charge is 0.240 e. The van der Waals surface area contributed by atoms with Crippen LogP contribution in [-0.4, -0.2) is 41.0 Å². The largest absolute Gasteiger partial charge is 0.371 e. The standard InChI is InChI=1S/C21H26BrN3O3S/c1-23-29(27,28)20-8-5-16(6-9-20)7-10-21(26)24-14-17-11-12-25(15-17)19-4-2-3-18(22)13-19/h2-6,8-9,13,17,23H,7,10-12,14-15H2,1H3,(H,24,26). The van der Waals surface area contributed by atoms with E-state index in [1.807, 2.05) is 12.1 Å². The van der Waals surface area contributed by atoms with E-state index in [9.17, 15) is 13.2 Å². The number of amides is 1. The highest BCUT2D eigenvalue weighted by Crippen LogP contribution is 2.26. The Kier molecular flexibility index (Phi) is 7.32. The molecule has 1 saturated heterocycles. The Morgan fingerprint density at radius 3 is 2.66 bits per heavy atom. The summed E-state index contributed by atoms with van der Waals surface area (Å²) in [6.45, 7) is 2.62. The molecule has 8 heteroatoms. The maximum atomic E-state index is 12.2. The van der Waals surface area contributed by atoms with Crippen LogP contribution in [0, 0.1) is 5.92 Å². The Balaban J connectivity index is 1.41. The molecule has 1 fully saturated rings. The zero-order valence-electron chi connectivity index (χ0n) is 16.4. The van der Waals surface area contributed by atoms with Crippen LogP contribution >= 0.6 is 15.9 Å². The lowest BCUT2D eigenvalue weighted by atomic mass is 10.1. The minimum atomic E-state index is -3.43. The summed E-state index contributed by atoms with van der Waals surface area (Å²) < 4.78 is 26.8. The van der Waals surface area contributed by atoms with Crippen molar-refractivity contribution in [1.82, 2.24) is 10.0 Å². The topological polar surface area (TPSA) is 78.5 Å². The highest BCUT2D eigenvalue weighted by Gasteiger charge is 2.23. The Morgan fingerprint density at radius 2 is 1.97 bits per heavy atom. The van der Waals surface area contributed by atoms with Gasteiger partial charge in [0.1, 0.15) is 0 Å². The van der Waals surface area contributed by atoms with E-state index in [2.05, 4.69) is 43.0 Å². The molecule has 1 atom stereocenters. The van der Waals surface area contributed by atoms with E-state index in [0.717, 1.165) is 29.5 Å². The van der Waals surface area contributed by atoms with Gasteiger partial charge in [-0.25, -0.2) is 13.1 Å². The predicted molar refractivity (Wildman–Crippen MR) is 118 cm³/mol. The number of sulfonamides is 1. The number of aryl methyl sites for hydroxylation is 1. The second kappa shape index (κ2) is 9.73. The van der Waals surface area contributed by atoms with Crippen LogP contribution in [0.1, 0.15) is 18.4 Å². The van der Waals surface area contributed by atoms with Gasteiger partial charge >= 0.3 is 0 Å². The first kappa shape index (κ1) is 21.8. The number of benzene rings is 2. The summed E-state index contributed by atoms with van der Waals surface area (Å²) in [5.74, 6) is 0.474. The Bertz CT molecular complexity index is 948. The number of carbonyl (C=O) groups is 1. The highest BCUT2D eigenvalue weighted by atomic mass is 79.9. The molecule has 0 saturated carbocycles. The maximum absolute atomic E-state index is 12.2. The maximum Gasteiger partial charge on any atom is 0.240 e. The summed E-state index contributed by atoms with van der Waals surface area (Å²) in [4.78, 5) is 14.8. The number of hydrogen-bond acceptors (Lipinski definition) is 4. The average Bonchev–Trinajstić information content (AvgIpc) is 3.20. The minimum Gasteiger partial charge on any atom is -0.371 e. The van der Waals surface area contributed by atoms with E-state index in [1.54, 1.807) is 24.3 Å². The van der Waals surface area contributed by atoms with Crippen molar-refractivity contribution in [2.75, 3.05) is 31.6 Å². The third-order valence-corrected chi connectivity index (χ3v) is 7.11. The third-order valence-electron chi connectivity index (χ3n) is 5.19. The van der Waals surface area contributed by atoms with Crippen molar-refractivity contribution in [1.29, 1.82) is 0 Å². The molecule has 0 bridgehead atoms. The van der Waals surface area contributed by atoms with E-state index < -0.39 is 10.0 Å². The highest BCUT2D eigenvalue weighted by molar-refractivity contribution is 9.10. The van der Waals surface area contributed by atoms with Crippen LogP contribution in [-0.2, 0) is 21.2 Å². The van der Waals surface area contributed by atoms with Gasteiger partial charge in [-0.3, -0.25) is 4.79 Å². The molecule has 1 unspecified atom stereocenters. The molecule has 6 nitrogen and oxygen atoms in total. The van der Waals surface area contributed by atoms with Gasteiger partial charge in [-0.15, -0.1) is 0 Å². The quantitative estimate of drug-likeness (QED) is 0.609. The van der Waals surface area contributed by atoms with Crippen molar-refractivity contribution in [3.05, 3.63) is 58.6 Å². The fraction of sp³-hybridized carbons (Fsp3) is 0.381. The zero-order valence-corrected chi connectivity index (χ0v) is 18.8. The van der Waals surface area contributed by atoms with Crippen LogP contribution in [0.15, 0.2) is 57.9 Å². The van der Waals surface area contributed by atoms with Crippen molar-refractivity contribution in [2.45, 2.75) is 24.2 Å². The molecule has 1 aliphatic rings. The summed E-state index contributed by atoms with van der Waals surface area (Å²) in [6.07, 6.45) is 2.04. The number of carbonyl (C=O) groups excluding carboxylic acids is 1. The van der Waals surface area contributed by atoms with Gasteiger partial charge in [0, 0.05) is 36.2 Å². The molecule has 156 valence electrons. The molecule has 2 aromatic carbocycles. The second-order valence-corrected chi connectivity index (χ2v) is 10.0. The van der Waals surface area contributed by atoms with Crippen molar-refractivity contribution >= 4 is 37.5 Å². The van der Waals surface area contributed by atoms with Crippen molar-refractivity contribution < 1.29 is 13.2 Å². The first-order valence-corrected chi connectivity index (χ1v) is 11.9. The SMILES string of the molecule is CNS(=O)(=O)c1ccc(CCC(=O)NCC2CCN(c3cccc(Br)c3)C2)cc1.